The third kappa shape index (κ3) is 2.24. The number of aromatic nitrogens is 2. The molecule has 0 saturated heterocycles. The summed E-state index contributed by atoms with van der Waals surface area (Å²) in [5.41, 5.74) is 3.73. The highest BCUT2D eigenvalue weighted by Crippen LogP contribution is 2.46. The summed E-state index contributed by atoms with van der Waals surface area (Å²) in [4.78, 5) is 20.5. The van der Waals surface area contributed by atoms with Crippen LogP contribution in [0.3, 0.4) is 0 Å². The lowest BCUT2D eigenvalue weighted by Gasteiger charge is -2.06. The smallest absolute Gasteiger partial charge is 0.335 e. The minimum absolute atomic E-state index is 0.00353. The van der Waals surface area contributed by atoms with E-state index < -0.39 is 16.0 Å². The van der Waals surface area contributed by atoms with E-state index in [9.17, 15) is 18.3 Å². The largest absolute Gasteiger partial charge is 0.478 e. The Labute approximate surface area is 153 Å². The number of sulfonamides is 1. The molecule has 0 radical (unpaired) electrons. The molecule has 4 aromatic rings. The first kappa shape index (κ1) is 15.9. The number of primary sulfonamides is 1. The van der Waals surface area contributed by atoms with Crippen molar-refractivity contribution >= 4 is 37.8 Å². The van der Waals surface area contributed by atoms with Crippen LogP contribution in [0.2, 0.25) is 0 Å². The van der Waals surface area contributed by atoms with Crippen LogP contribution in [0.4, 0.5) is 0 Å². The minimum Gasteiger partial charge on any atom is -0.478 e. The zero-order valence-corrected chi connectivity index (χ0v) is 14.5. The molecular weight excluding hydrogens is 366 g/mol. The number of carboxylic acids is 1. The molecule has 0 amide bonds. The molecule has 1 aromatic heterocycles. The average Bonchev–Trinajstić information content (AvgIpc) is 2.93. The molecule has 7 nitrogen and oxygen atoms in total. The quantitative estimate of drug-likeness (QED) is 0.487. The first-order valence-electron chi connectivity index (χ1n) is 7.98. The molecule has 0 bridgehead atoms. The molecule has 8 heteroatoms. The summed E-state index contributed by atoms with van der Waals surface area (Å²) < 4.78 is 23.8. The molecule has 0 fully saturated rings. The second kappa shape index (κ2) is 5.09. The SMILES string of the molecule is NS(=O)(=O)c1cc2c3c(cccc3c1)-c1nc3ccc(C(=O)O)cc3nc1-2. The molecule has 5 rings (SSSR count). The van der Waals surface area contributed by atoms with Gasteiger partial charge < -0.3 is 5.11 Å². The fourth-order valence-electron chi connectivity index (χ4n) is 3.51. The molecule has 27 heavy (non-hydrogen) atoms. The number of aromatic carboxylic acids is 1. The van der Waals surface area contributed by atoms with Crippen LogP contribution in [0, 0.1) is 0 Å². The molecule has 3 N–H and O–H groups in total. The second-order valence-electron chi connectivity index (χ2n) is 6.35. The molecule has 0 spiro atoms. The summed E-state index contributed by atoms with van der Waals surface area (Å²) in [6.45, 7) is 0. The maximum Gasteiger partial charge on any atom is 0.335 e. The summed E-state index contributed by atoms with van der Waals surface area (Å²) >= 11 is 0. The lowest BCUT2D eigenvalue weighted by Crippen LogP contribution is -2.12. The van der Waals surface area contributed by atoms with E-state index in [1.807, 2.05) is 18.2 Å². The van der Waals surface area contributed by atoms with Crippen LogP contribution in [-0.2, 0) is 10.0 Å². The van der Waals surface area contributed by atoms with Gasteiger partial charge >= 0.3 is 5.97 Å². The van der Waals surface area contributed by atoms with Gasteiger partial charge in [0, 0.05) is 16.5 Å². The Morgan fingerprint density at radius 2 is 1.67 bits per heavy atom. The number of carboxylic acid groups (broad SMARTS) is 1. The summed E-state index contributed by atoms with van der Waals surface area (Å²) in [7, 11) is -3.89. The number of nitrogens with zero attached hydrogens (tertiary/aromatic N) is 2. The predicted molar refractivity (Wildman–Crippen MR) is 99.8 cm³/mol. The predicted octanol–water partition coefficient (Wildman–Crippen LogP) is 2.78. The first-order chi connectivity index (χ1) is 12.8. The average molecular weight is 377 g/mol. The summed E-state index contributed by atoms with van der Waals surface area (Å²) in [5, 5.41) is 16.1. The number of nitrogens with two attached hydrogens (primary N) is 1. The van der Waals surface area contributed by atoms with E-state index in [1.54, 1.807) is 6.07 Å². The van der Waals surface area contributed by atoms with Crippen molar-refractivity contribution in [2.75, 3.05) is 0 Å². The van der Waals surface area contributed by atoms with Crippen molar-refractivity contribution in [2.45, 2.75) is 4.90 Å². The van der Waals surface area contributed by atoms with E-state index in [4.69, 9.17) is 5.14 Å². The zero-order chi connectivity index (χ0) is 18.9. The highest BCUT2D eigenvalue weighted by molar-refractivity contribution is 7.89. The van der Waals surface area contributed by atoms with Gasteiger partial charge in [-0.15, -0.1) is 0 Å². The van der Waals surface area contributed by atoms with Gasteiger partial charge in [-0.2, -0.15) is 0 Å². The fraction of sp³-hybridized carbons (Fsp3) is 0. The third-order valence-electron chi connectivity index (χ3n) is 4.70. The van der Waals surface area contributed by atoms with Gasteiger partial charge in [0.05, 0.1) is 32.9 Å². The van der Waals surface area contributed by atoms with Gasteiger partial charge in [0.1, 0.15) is 0 Å². The van der Waals surface area contributed by atoms with Crippen LogP contribution in [-0.4, -0.2) is 29.5 Å². The molecular formula is C19H11N3O4S. The Kier molecular flexibility index (Phi) is 2.99. The molecule has 0 unspecified atom stereocenters. The van der Waals surface area contributed by atoms with Crippen LogP contribution in [0.25, 0.3) is 44.3 Å². The third-order valence-corrected chi connectivity index (χ3v) is 5.59. The highest BCUT2D eigenvalue weighted by atomic mass is 32.2. The van der Waals surface area contributed by atoms with E-state index in [2.05, 4.69) is 9.97 Å². The number of hydrogen-bond donors (Lipinski definition) is 2. The highest BCUT2D eigenvalue weighted by Gasteiger charge is 2.27. The maximum atomic E-state index is 11.9. The lowest BCUT2D eigenvalue weighted by atomic mass is 10.0. The standard InChI is InChI=1S/C19H11N3O4S/c20-27(25,26)11-6-9-2-1-3-12-16(9)13(8-11)18-17(12)21-14-5-4-10(19(23)24)7-15(14)22-18/h1-8H,(H,23,24)(H2,20,25,26). The summed E-state index contributed by atoms with van der Waals surface area (Å²) in [5.74, 6) is -1.05. The molecule has 0 aliphatic heterocycles. The monoisotopic (exact) mass is 377 g/mol. The lowest BCUT2D eigenvalue weighted by molar-refractivity contribution is 0.0697. The van der Waals surface area contributed by atoms with Gasteiger partial charge in [-0.25, -0.2) is 28.3 Å². The van der Waals surface area contributed by atoms with Gasteiger partial charge in [-0.1, -0.05) is 18.2 Å². The van der Waals surface area contributed by atoms with Crippen LogP contribution < -0.4 is 5.14 Å². The van der Waals surface area contributed by atoms with Gasteiger partial charge in [-0.05, 0) is 35.7 Å². The summed E-state index contributed by atoms with van der Waals surface area (Å²) in [6.07, 6.45) is 0. The van der Waals surface area contributed by atoms with E-state index in [0.717, 1.165) is 16.3 Å². The molecule has 1 aliphatic carbocycles. The molecule has 1 heterocycles. The normalized spacial score (nSPS) is 12.5. The van der Waals surface area contributed by atoms with Crippen LogP contribution in [0.15, 0.2) is 53.4 Å². The number of carbonyl (C=O) groups is 1. The van der Waals surface area contributed by atoms with Gasteiger partial charge in [0.25, 0.3) is 0 Å². The van der Waals surface area contributed by atoms with E-state index in [1.165, 1.54) is 24.3 Å². The van der Waals surface area contributed by atoms with Crippen molar-refractivity contribution in [1.29, 1.82) is 0 Å². The van der Waals surface area contributed by atoms with Crippen molar-refractivity contribution in [2.24, 2.45) is 5.14 Å². The first-order valence-corrected chi connectivity index (χ1v) is 9.53. The van der Waals surface area contributed by atoms with E-state index in [0.29, 0.717) is 28.0 Å². The van der Waals surface area contributed by atoms with Gasteiger partial charge in [0.2, 0.25) is 10.0 Å². The Balaban J connectivity index is 1.90. The number of hydrogen-bond acceptors (Lipinski definition) is 5. The van der Waals surface area contributed by atoms with Crippen molar-refractivity contribution in [3.05, 3.63) is 54.1 Å². The molecule has 1 aliphatic rings. The van der Waals surface area contributed by atoms with E-state index >= 15 is 0 Å². The van der Waals surface area contributed by atoms with Crippen molar-refractivity contribution in [3.8, 4) is 22.5 Å². The molecule has 132 valence electrons. The van der Waals surface area contributed by atoms with Gasteiger partial charge in [0.15, 0.2) is 0 Å². The second-order valence-corrected chi connectivity index (χ2v) is 7.91. The zero-order valence-electron chi connectivity index (χ0n) is 13.7. The summed E-state index contributed by atoms with van der Waals surface area (Å²) in [6, 6.07) is 13.1. The van der Waals surface area contributed by atoms with Crippen LogP contribution in [0.5, 0.6) is 0 Å². The topological polar surface area (TPSA) is 123 Å². The maximum absolute atomic E-state index is 11.9. The van der Waals surface area contributed by atoms with Crippen LogP contribution in [0.1, 0.15) is 10.4 Å². The number of benzene rings is 3. The Morgan fingerprint density at radius 1 is 0.926 bits per heavy atom. The Bertz CT molecular complexity index is 1430. The molecule has 0 saturated carbocycles. The molecule has 0 atom stereocenters. The van der Waals surface area contributed by atoms with Crippen molar-refractivity contribution in [1.82, 2.24) is 9.97 Å². The van der Waals surface area contributed by atoms with E-state index in [-0.39, 0.29) is 10.5 Å². The van der Waals surface area contributed by atoms with Crippen molar-refractivity contribution in [3.63, 3.8) is 0 Å². The van der Waals surface area contributed by atoms with Crippen molar-refractivity contribution < 1.29 is 18.3 Å². The molecule has 3 aromatic carbocycles. The van der Waals surface area contributed by atoms with Gasteiger partial charge in [-0.3, -0.25) is 0 Å². The Morgan fingerprint density at radius 3 is 2.41 bits per heavy atom. The fourth-order valence-corrected chi connectivity index (χ4v) is 4.09. The number of fused-ring (bicyclic) bond motifs is 4. The van der Waals surface area contributed by atoms with Crippen LogP contribution >= 0.6 is 0 Å². The minimum atomic E-state index is -3.89. The Hall–Kier alpha value is -3.36. The number of rotatable bonds is 2.